The topological polar surface area (TPSA) is 66.9 Å². The highest BCUT2D eigenvalue weighted by Gasteiger charge is 2.34. The van der Waals surface area contributed by atoms with E-state index in [1.807, 2.05) is 16.3 Å². The van der Waals surface area contributed by atoms with E-state index in [0.29, 0.717) is 30.9 Å². The fraction of sp³-hybridized carbons (Fsp3) is 0.500. The van der Waals surface area contributed by atoms with Gasteiger partial charge in [-0.25, -0.2) is 8.42 Å². The van der Waals surface area contributed by atoms with Crippen LogP contribution in [0, 0.1) is 0 Å². The molecule has 0 radical (unpaired) electrons. The molecule has 2 fully saturated rings. The van der Waals surface area contributed by atoms with E-state index in [2.05, 4.69) is 6.07 Å². The van der Waals surface area contributed by atoms with Gasteiger partial charge in [0.1, 0.15) is 5.75 Å². The zero-order valence-corrected chi connectivity index (χ0v) is 18.9. The van der Waals surface area contributed by atoms with Crippen LogP contribution in [0.5, 0.6) is 5.75 Å². The van der Waals surface area contributed by atoms with Gasteiger partial charge in [-0.15, -0.1) is 11.3 Å². The van der Waals surface area contributed by atoms with Crippen molar-refractivity contribution in [2.45, 2.75) is 49.5 Å². The molecular formula is C22H28N2O4S2. The Kier molecular flexibility index (Phi) is 6.46. The fourth-order valence-corrected chi connectivity index (χ4v) is 6.80. The van der Waals surface area contributed by atoms with E-state index in [1.165, 1.54) is 13.2 Å². The van der Waals surface area contributed by atoms with E-state index in [4.69, 9.17) is 4.74 Å². The first kappa shape index (κ1) is 21.3. The quantitative estimate of drug-likeness (QED) is 0.684. The summed E-state index contributed by atoms with van der Waals surface area (Å²) in [5.41, 5.74) is 0.317. The van der Waals surface area contributed by atoms with Gasteiger partial charge in [0.2, 0.25) is 10.0 Å². The molecular weight excluding hydrogens is 420 g/mol. The Hall–Kier alpha value is -1.90. The SMILES string of the molecule is COc1ccc(S(=O)(=O)N2CCCCCC2)cc1C(=O)N1CCCC1c1cccs1. The number of hydrogen-bond donors (Lipinski definition) is 0. The first-order chi connectivity index (χ1) is 14.5. The molecule has 4 rings (SSSR count). The maximum Gasteiger partial charge on any atom is 0.258 e. The van der Waals surface area contributed by atoms with Gasteiger partial charge in [0, 0.05) is 24.5 Å². The smallest absolute Gasteiger partial charge is 0.258 e. The number of hydrogen-bond acceptors (Lipinski definition) is 5. The Labute approximate surface area is 182 Å². The van der Waals surface area contributed by atoms with Crippen LogP contribution < -0.4 is 4.74 Å². The Bertz CT molecular complexity index is 981. The van der Waals surface area contributed by atoms with Gasteiger partial charge in [0.05, 0.1) is 23.6 Å². The molecule has 1 amide bonds. The number of likely N-dealkylation sites (tertiary alicyclic amines) is 1. The van der Waals surface area contributed by atoms with Crippen molar-refractivity contribution in [1.82, 2.24) is 9.21 Å². The van der Waals surface area contributed by atoms with Gasteiger partial charge in [-0.3, -0.25) is 4.79 Å². The van der Waals surface area contributed by atoms with Crippen LogP contribution in [0.4, 0.5) is 0 Å². The molecule has 1 aromatic carbocycles. The van der Waals surface area contributed by atoms with E-state index < -0.39 is 10.0 Å². The molecule has 1 unspecified atom stereocenters. The molecule has 6 nitrogen and oxygen atoms in total. The monoisotopic (exact) mass is 448 g/mol. The third kappa shape index (κ3) is 4.13. The molecule has 0 N–H and O–H groups in total. The highest BCUT2D eigenvalue weighted by Crippen LogP contribution is 2.37. The highest BCUT2D eigenvalue weighted by atomic mass is 32.2. The van der Waals surface area contributed by atoms with Gasteiger partial charge in [0.25, 0.3) is 5.91 Å². The predicted octanol–water partition coefficient (Wildman–Crippen LogP) is 4.30. The van der Waals surface area contributed by atoms with Crippen LogP contribution in [-0.4, -0.2) is 50.3 Å². The number of benzene rings is 1. The molecule has 1 atom stereocenters. The van der Waals surface area contributed by atoms with Crippen molar-refractivity contribution in [2.75, 3.05) is 26.7 Å². The standard InChI is InChI=1S/C22H28N2O4S2/c1-28-20-11-10-17(30(26,27)23-12-4-2-3-5-13-23)16-18(20)22(25)24-14-6-8-19(24)21-9-7-15-29-21/h7,9-11,15-16,19H,2-6,8,12-14H2,1H3. The predicted molar refractivity (Wildman–Crippen MR) is 118 cm³/mol. The Morgan fingerprint density at radius 2 is 1.83 bits per heavy atom. The van der Waals surface area contributed by atoms with Crippen LogP contribution >= 0.6 is 11.3 Å². The number of ether oxygens (including phenoxy) is 1. The molecule has 30 heavy (non-hydrogen) atoms. The summed E-state index contributed by atoms with van der Waals surface area (Å²) in [6.45, 7) is 1.72. The Balaban J connectivity index is 1.67. The molecule has 2 saturated heterocycles. The summed E-state index contributed by atoms with van der Waals surface area (Å²) in [7, 11) is -2.13. The number of rotatable bonds is 5. The molecule has 3 heterocycles. The average molecular weight is 449 g/mol. The molecule has 2 aromatic rings. The summed E-state index contributed by atoms with van der Waals surface area (Å²) in [4.78, 5) is 16.7. The second-order valence-corrected chi connectivity index (χ2v) is 10.8. The van der Waals surface area contributed by atoms with Gasteiger partial charge in [-0.2, -0.15) is 4.31 Å². The third-order valence-corrected chi connectivity index (χ3v) is 8.86. The van der Waals surface area contributed by atoms with E-state index in [1.54, 1.807) is 27.8 Å². The first-order valence-corrected chi connectivity index (χ1v) is 12.9. The molecule has 0 spiro atoms. The number of nitrogens with zero attached hydrogens (tertiary/aromatic N) is 2. The van der Waals surface area contributed by atoms with Crippen LogP contribution in [0.25, 0.3) is 0 Å². The summed E-state index contributed by atoms with van der Waals surface area (Å²) < 4.78 is 33.5. The van der Waals surface area contributed by atoms with Gasteiger partial charge in [-0.1, -0.05) is 18.9 Å². The lowest BCUT2D eigenvalue weighted by Gasteiger charge is -2.25. The number of carbonyl (C=O) groups is 1. The lowest BCUT2D eigenvalue weighted by atomic mass is 10.1. The minimum Gasteiger partial charge on any atom is -0.496 e. The maximum absolute atomic E-state index is 13.5. The van der Waals surface area contributed by atoms with Crippen molar-refractivity contribution in [3.05, 3.63) is 46.2 Å². The average Bonchev–Trinajstić information content (AvgIpc) is 3.38. The summed E-state index contributed by atoms with van der Waals surface area (Å²) >= 11 is 1.65. The van der Waals surface area contributed by atoms with E-state index in [-0.39, 0.29) is 16.8 Å². The molecule has 0 saturated carbocycles. The number of thiophene rings is 1. The highest BCUT2D eigenvalue weighted by molar-refractivity contribution is 7.89. The molecule has 8 heteroatoms. The van der Waals surface area contributed by atoms with Crippen molar-refractivity contribution in [3.8, 4) is 5.75 Å². The van der Waals surface area contributed by atoms with Gasteiger partial charge in [0.15, 0.2) is 0 Å². The van der Waals surface area contributed by atoms with Gasteiger partial charge >= 0.3 is 0 Å². The van der Waals surface area contributed by atoms with Crippen molar-refractivity contribution in [3.63, 3.8) is 0 Å². The van der Waals surface area contributed by atoms with Crippen LogP contribution in [0.15, 0.2) is 40.6 Å². The number of amides is 1. The summed E-state index contributed by atoms with van der Waals surface area (Å²) in [5, 5.41) is 2.02. The fourth-order valence-electron chi connectivity index (χ4n) is 4.39. The number of carbonyl (C=O) groups excluding carboxylic acids is 1. The lowest BCUT2D eigenvalue weighted by molar-refractivity contribution is 0.0734. The Morgan fingerprint density at radius 3 is 2.50 bits per heavy atom. The Morgan fingerprint density at radius 1 is 1.07 bits per heavy atom. The van der Waals surface area contributed by atoms with Crippen LogP contribution in [0.2, 0.25) is 0 Å². The molecule has 1 aromatic heterocycles. The second kappa shape index (κ2) is 9.08. The lowest BCUT2D eigenvalue weighted by Crippen LogP contribution is -2.33. The normalized spacial score (nSPS) is 20.8. The number of methoxy groups -OCH3 is 1. The second-order valence-electron chi connectivity index (χ2n) is 7.85. The molecule has 0 bridgehead atoms. The number of sulfonamides is 1. The molecule has 2 aliphatic rings. The minimum atomic E-state index is -3.64. The zero-order valence-electron chi connectivity index (χ0n) is 17.2. The van der Waals surface area contributed by atoms with Gasteiger partial charge < -0.3 is 9.64 Å². The summed E-state index contributed by atoms with van der Waals surface area (Å²) in [5.74, 6) is 0.238. The van der Waals surface area contributed by atoms with Gasteiger partial charge in [-0.05, 0) is 55.3 Å². The minimum absolute atomic E-state index is 0.0353. The third-order valence-electron chi connectivity index (χ3n) is 5.99. The summed E-state index contributed by atoms with van der Waals surface area (Å²) in [6.07, 6.45) is 5.70. The van der Waals surface area contributed by atoms with Crippen LogP contribution in [0.3, 0.4) is 0 Å². The van der Waals surface area contributed by atoms with E-state index in [9.17, 15) is 13.2 Å². The molecule has 162 valence electrons. The van der Waals surface area contributed by atoms with E-state index >= 15 is 0 Å². The molecule has 0 aliphatic carbocycles. The van der Waals surface area contributed by atoms with Crippen molar-refractivity contribution in [1.29, 1.82) is 0 Å². The largest absolute Gasteiger partial charge is 0.496 e. The molecule has 2 aliphatic heterocycles. The first-order valence-electron chi connectivity index (χ1n) is 10.5. The van der Waals surface area contributed by atoms with Crippen molar-refractivity contribution < 1.29 is 17.9 Å². The maximum atomic E-state index is 13.5. The zero-order chi connectivity index (χ0) is 21.1. The van der Waals surface area contributed by atoms with E-state index in [0.717, 1.165) is 43.4 Å². The van der Waals surface area contributed by atoms with Crippen molar-refractivity contribution in [2.24, 2.45) is 0 Å². The van der Waals surface area contributed by atoms with Crippen molar-refractivity contribution >= 4 is 27.3 Å². The van der Waals surface area contributed by atoms with Crippen LogP contribution in [0.1, 0.15) is 59.8 Å². The van der Waals surface area contributed by atoms with Crippen LogP contribution in [-0.2, 0) is 10.0 Å². The summed E-state index contributed by atoms with van der Waals surface area (Å²) in [6, 6.07) is 8.75.